The summed E-state index contributed by atoms with van der Waals surface area (Å²) in [4.78, 5) is 26.1. The second-order valence-electron chi connectivity index (χ2n) is 5.89. The van der Waals surface area contributed by atoms with E-state index in [0.717, 1.165) is 4.90 Å². The number of rotatable bonds is 4. The topological polar surface area (TPSA) is 59.1 Å². The highest BCUT2D eigenvalue weighted by Crippen LogP contribution is 2.28. The van der Waals surface area contributed by atoms with Gasteiger partial charge in [-0.05, 0) is 24.1 Å². The van der Waals surface area contributed by atoms with E-state index in [2.05, 4.69) is 0 Å². The summed E-state index contributed by atoms with van der Waals surface area (Å²) < 4.78 is 48.0. The predicted molar refractivity (Wildman–Crippen MR) is 87.1 cm³/mol. The minimum atomic E-state index is -4.89. The average Bonchev–Trinajstić information content (AvgIpc) is 2.86. The number of methoxy groups -OCH3 is 2. The molecule has 1 fully saturated rings. The van der Waals surface area contributed by atoms with E-state index in [1.165, 1.54) is 19.1 Å². The second kappa shape index (κ2) is 8.29. The number of nitrogens with zero attached hydrogens (tertiary/aromatic N) is 2. The van der Waals surface area contributed by atoms with Crippen LogP contribution < -0.4 is 9.47 Å². The van der Waals surface area contributed by atoms with Gasteiger partial charge in [0.1, 0.15) is 0 Å². The number of amides is 2. The van der Waals surface area contributed by atoms with Gasteiger partial charge in [0.15, 0.2) is 11.5 Å². The lowest BCUT2D eigenvalue weighted by Crippen LogP contribution is -2.43. The third-order valence-corrected chi connectivity index (χ3v) is 4.18. The third-order valence-electron chi connectivity index (χ3n) is 4.18. The van der Waals surface area contributed by atoms with Crippen LogP contribution in [0.4, 0.5) is 13.2 Å². The van der Waals surface area contributed by atoms with Gasteiger partial charge in [-0.15, -0.1) is 0 Å². The average molecular weight is 374 g/mol. The van der Waals surface area contributed by atoms with Crippen molar-refractivity contribution in [1.82, 2.24) is 9.80 Å². The van der Waals surface area contributed by atoms with Crippen molar-refractivity contribution in [3.05, 3.63) is 23.8 Å². The zero-order valence-corrected chi connectivity index (χ0v) is 14.6. The van der Waals surface area contributed by atoms with Crippen molar-refractivity contribution in [3.8, 4) is 11.5 Å². The van der Waals surface area contributed by atoms with Crippen molar-refractivity contribution in [2.75, 3.05) is 40.4 Å². The van der Waals surface area contributed by atoms with E-state index >= 15 is 0 Å². The number of hydrogen-bond donors (Lipinski definition) is 0. The zero-order valence-electron chi connectivity index (χ0n) is 14.6. The van der Waals surface area contributed by atoms with Crippen LogP contribution in [0.15, 0.2) is 18.2 Å². The minimum Gasteiger partial charge on any atom is -0.493 e. The summed E-state index contributed by atoms with van der Waals surface area (Å²) in [5, 5.41) is 0. The van der Waals surface area contributed by atoms with E-state index in [0.29, 0.717) is 30.0 Å². The van der Waals surface area contributed by atoms with Crippen molar-refractivity contribution in [2.45, 2.75) is 19.0 Å². The van der Waals surface area contributed by atoms with Crippen LogP contribution in [-0.2, 0) is 16.0 Å². The van der Waals surface area contributed by atoms with Crippen molar-refractivity contribution in [1.29, 1.82) is 0 Å². The highest BCUT2D eigenvalue weighted by atomic mass is 19.4. The Balaban J connectivity index is 1.99. The molecule has 1 saturated heterocycles. The fraction of sp³-hybridized carbons (Fsp3) is 0.529. The van der Waals surface area contributed by atoms with Crippen molar-refractivity contribution >= 4 is 11.8 Å². The van der Waals surface area contributed by atoms with Crippen LogP contribution >= 0.6 is 0 Å². The Kier molecular flexibility index (Phi) is 6.33. The van der Waals surface area contributed by atoms with E-state index in [9.17, 15) is 22.8 Å². The minimum absolute atomic E-state index is 0.0154. The highest BCUT2D eigenvalue weighted by molar-refractivity contribution is 5.82. The molecule has 0 aliphatic carbocycles. The molecule has 0 aromatic heterocycles. The Labute approximate surface area is 149 Å². The number of carbonyl (C=O) groups excluding carboxylic acids is 2. The molecule has 0 bridgehead atoms. The largest absolute Gasteiger partial charge is 0.493 e. The molecule has 0 radical (unpaired) electrons. The summed E-state index contributed by atoms with van der Waals surface area (Å²) in [5.74, 6) is -1.03. The van der Waals surface area contributed by atoms with E-state index < -0.39 is 12.1 Å². The first-order chi connectivity index (χ1) is 12.3. The number of ether oxygens (including phenoxy) is 2. The number of alkyl halides is 3. The molecule has 0 N–H and O–H groups in total. The molecule has 144 valence electrons. The van der Waals surface area contributed by atoms with Gasteiger partial charge in [0.2, 0.25) is 5.91 Å². The maximum Gasteiger partial charge on any atom is 0.471 e. The van der Waals surface area contributed by atoms with Gasteiger partial charge in [-0.25, -0.2) is 0 Å². The quantitative estimate of drug-likeness (QED) is 0.807. The summed E-state index contributed by atoms with van der Waals surface area (Å²) in [6.07, 6.45) is -4.49. The first kappa shape index (κ1) is 19.9. The molecule has 2 rings (SSSR count). The first-order valence-corrected chi connectivity index (χ1v) is 8.11. The molecule has 1 aromatic rings. The third kappa shape index (κ3) is 4.80. The smallest absolute Gasteiger partial charge is 0.471 e. The predicted octanol–water partition coefficient (Wildman–Crippen LogP) is 1.87. The van der Waals surface area contributed by atoms with Crippen LogP contribution in [0.2, 0.25) is 0 Å². The van der Waals surface area contributed by atoms with Crippen molar-refractivity contribution < 1.29 is 32.2 Å². The Morgan fingerprint density at radius 1 is 1.00 bits per heavy atom. The molecule has 0 saturated carbocycles. The van der Waals surface area contributed by atoms with Gasteiger partial charge in [0.05, 0.1) is 20.6 Å². The molecule has 6 nitrogen and oxygen atoms in total. The Morgan fingerprint density at radius 3 is 2.23 bits per heavy atom. The van der Waals surface area contributed by atoms with Crippen LogP contribution in [0.3, 0.4) is 0 Å². The van der Waals surface area contributed by atoms with Gasteiger partial charge >= 0.3 is 12.1 Å². The van der Waals surface area contributed by atoms with Gasteiger partial charge in [-0.1, -0.05) is 6.07 Å². The van der Waals surface area contributed by atoms with E-state index in [1.54, 1.807) is 18.2 Å². The Morgan fingerprint density at radius 2 is 1.62 bits per heavy atom. The monoisotopic (exact) mass is 374 g/mol. The standard InChI is InChI=1S/C17H21F3N2O4/c1-25-13-5-4-12(10-14(13)26-2)11-15(23)21-6-3-7-22(9-8-21)16(24)17(18,19)20/h4-5,10H,3,6-9,11H2,1-2H3. The fourth-order valence-corrected chi connectivity index (χ4v) is 2.83. The van der Waals surface area contributed by atoms with Crippen LogP contribution in [0.25, 0.3) is 0 Å². The van der Waals surface area contributed by atoms with Gasteiger partial charge in [-0.2, -0.15) is 13.2 Å². The van der Waals surface area contributed by atoms with Crippen LogP contribution in [0, 0.1) is 0 Å². The molecular formula is C17H21F3N2O4. The van der Waals surface area contributed by atoms with Gasteiger partial charge in [-0.3, -0.25) is 9.59 Å². The first-order valence-electron chi connectivity index (χ1n) is 8.11. The molecule has 9 heteroatoms. The Bertz CT molecular complexity index is 664. The normalized spacial score (nSPS) is 15.4. The van der Waals surface area contributed by atoms with E-state index in [-0.39, 0.29) is 32.0 Å². The zero-order chi connectivity index (χ0) is 19.3. The maximum absolute atomic E-state index is 12.5. The maximum atomic E-state index is 12.5. The van der Waals surface area contributed by atoms with Gasteiger partial charge in [0, 0.05) is 26.2 Å². The van der Waals surface area contributed by atoms with Gasteiger partial charge in [0.25, 0.3) is 0 Å². The van der Waals surface area contributed by atoms with Crippen molar-refractivity contribution in [2.24, 2.45) is 0 Å². The van der Waals surface area contributed by atoms with Gasteiger partial charge < -0.3 is 19.3 Å². The molecule has 0 atom stereocenters. The molecule has 0 unspecified atom stereocenters. The summed E-state index contributed by atoms with van der Waals surface area (Å²) >= 11 is 0. The molecule has 1 aromatic carbocycles. The lowest BCUT2D eigenvalue weighted by molar-refractivity contribution is -0.185. The molecule has 26 heavy (non-hydrogen) atoms. The number of hydrogen-bond acceptors (Lipinski definition) is 4. The summed E-state index contributed by atoms with van der Waals surface area (Å²) in [6.45, 7) is 0.246. The van der Waals surface area contributed by atoms with E-state index in [4.69, 9.17) is 9.47 Å². The Hall–Kier alpha value is -2.45. The highest BCUT2D eigenvalue weighted by Gasteiger charge is 2.42. The lowest BCUT2D eigenvalue weighted by Gasteiger charge is -2.23. The molecule has 0 spiro atoms. The molecule has 1 heterocycles. The lowest BCUT2D eigenvalue weighted by atomic mass is 10.1. The summed E-state index contributed by atoms with van der Waals surface area (Å²) in [7, 11) is 3.00. The molecular weight excluding hydrogens is 353 g/mol. The van der Waals surface area contributed by atoms with E-state index in [1.807, 2.05) is 0 Å². The van der Waals surface area contributed by atoms with Crippen LogP contribution in [-0.4, -0.2) is 68.2 Å². The summed E-state index contributed by atoms with van der Waals surface area (Å²) in [6, 6.07) is 5.11. The van der Waals surface area contributed by atoms with Crippen LogP contribution in [0.1, 0.15) is 12.0 Å². The second-order valence-corrected chi connectivity index (χ2v) is 5.89. The SMILES string of the molecule is COc1ccc(CC(=O)N2CCCN(C(=O)C(F)(F)F)CC2)cc1OC. The molecule has 2 amide bonds. The van der Waals surface area contributed by atoms with Crippen molar-refractivity contribution in [3.63, 3.8) is 0 Å². The number of benzene rings is 1. The molecule has 1 aliphatic heterocycles. The summed E-state index contributed by atoms with van der Waals surface area (Å²) in [5.41, 5.74) is 0.708. The number of halogens is 3. The molecule has 1 aliphatic rings. The van der Waals surface area contributed by atoms with Crippen LogP contribution in [0.5, 0.6) is 11.5 Å². The fourth-order valence-electron chi connectivity index (χ4n) is 2.83. The number of carbonyl (C=O) groups is 2.